The summed E-state index contributed by atoms with van der Waals surface area (Å²) in [5, 5.41) is 9.33. The molecule has 2 heterocycles. The van der Waals surface area contributed by atoms with E-state index in [-0.39, 0.29) is 13.2 Å². The van der Waals surface area contributed by atoms with Gasteiger partial charge in [-0.15, -0.1) is 0 Å². The lowest BCUT2D eigenvalue weighted by Crippen LogP contribution is -2.53. The van der Waals surface area contributed by atoms with Crippen molar-refractivity contribution < 1.29 is 14.6 Å². The van der Waals surface area contributed by atoms with Gasteiger partial charge in [-0.1, -0.05) is 24.3 Å². The minimum atomic E-state index is -1.01. The molecular weight excluding hydrogens is 244 g/mol. The Hall–Kier alpha value is -2.14. The Bertz CT molecular complexity index is 629. The zero-order valence-electron chi connectivity index (χ0n) is 10.5. The van der Waals surface area contributed by atoms with E-state index in [2.05, 4.69) is 9.97 Å². The molecule has 5 nitrogen and oxygen atoms in total. The Balaban J connectivity index is 2.01. The summed E-state index contributed by atoms with van der Waals surface area (Å²) in [5.74, 6) is -0.436. The van der Waals surface area contributed by atoms with Crippen LogP contribution < -0.4 is 0 Å². The van der Waals surface area contributed by atoms with Crippen LogP contribution in [0, 0.1) is 6.92 Å². The van der Waals surface area contributed by atoms with E-state index in [4.69, 9.17) is 4.74 Å². The molecule has 1 aliphatic heterocycles. The Morgan fingerprint density at radius 3 is 2.74 bits per heavy atom. The maximum Gasteiger partial charge on any atom is 0.322 e. The lowest BCUT2D eigenvalue weighted by molar-refractivity contribution is -0.163. The van der Waals surface area contributed by atoms with Crippen LogP contribution in [0.3, 0.4) is 0 Å². The van der Waals surface area contributed by atoms with Crippen LogP contribution in [-0.4, -0.2) is 34.3 Å². The topological polar surface area (TPSA) is 75.2 Å². The van der Waals surface area contributed by atoms with Crippen molar-refractivity contribution in [2.75, 3.05) is 13.2 Å². The molecule has 1 aliphatic rings. The number of benzene rings is 1. The number of carbonyl (C=O) groups is 1. The van der Waals surface area contributed by atoms with Crippen molar-refractivity contribution >= 4 is 5.97 Å². The van der Waals surface area contributed by atoms with E-state index in [0.29, 0.717) is 5.82 Å². The maximum atomic E-state index is 11.4. The van der Waals surface area contributed by atoms with Crippen LogP contribution in [0.5, 0.6) is 0 Å². The molecule has 0 atom stereocenters. The third-order valence-corrected chi connectivity index (χ3v) is 3.57. The number of carboxylic acids is 1. The van der Waals surface area contributed by atoms with Crippen molar-refractivity contribution in [3.8, 4) is 11.3 Å². The second-order valence-corrected chi connectivity index (χ2v) is 4.84. The van der Waals surface area contributed by atoms with Gasteiger partial charge in [0.05, 0.1) is 25.1 Å². The number of nitrogens with one attached hydrogen (secondary N) is 1. The van der Waals surface area contributed by atoms with Gasteiger partial charge in [-0.05, 0) is 12.5 Å². The van der Waals surface area contributed by atoms with E-state index in [0.717, 1.165) is 16.8 Å². The van der Waals surface area contributed by atoms with Crippen molar-refractivity contribution in [1.29, 1.82) is 0 Å². The lowest BCUT2D eigenvalue weighted by atomic mass is 9.85. The van der Waals surface area contributed by atoms with Crippen LogP contribution in [0.4, 0.5) is 0 Å². The first-order valence-corrected chi connectivity index (χ1v) is 6.06. The second-order valence-electron chi connectivity index (χ2n) is 4.84. The molecular formula is C14H14N2O3. The molecule has 3 rings (SSSR count). The molecule has 1 fully saturated rings. The fourth-order valence-electron chi connectivity index (χ4n) is 2.24. The zero-order chi connectivity index (χ0) is 13.5. The maximum absolute atomic E-state index is 11.4. The summed E-state index contributed by atoms with van der Waals surface area (Å²) in [5.41, 5.74) is 1.97. The molecule has 0 saturated carbocycles. The second kappa shape index (κ2) is 4.20. The molecule has 0 bridgehead atoms. The third-order valence-electron chi connectivity index (χ3n) is 3.57. The van der Waals surface area contributed by atoms with Crippen molar-refractivity contribution in [2.24, 2.45) is 0 Å². The fourth-order valence-corrected chi connectivity index (χ4v) is 2.24. The number of aromatic nitrogens is 2. The van der Waals surface area contributed by atoms with Crippen LogP contribution in [0.2, 0.25) is 0 Å². The van der Waals surface area contributed by atoms with Crippen molar-refractivity contribution in [2.45, 2.75) is 12.3 Å². The Kier molecular flexibility index (Phi) is 2.64. The van der Waals surface area contributed by atoms with E-state index >= 15 is 0 Å². The zero-order valence-corrected chi connectivity index (χ0v) is 10.5. The number of rotatable bonds is 3. The van der Waals surface area contributed by atoms with Crippen LogP contribution in [0.15, 0.2) is 30.5 Å². The van der Waals surface area contributed by atoms with Crippen LogP contribution >= 0.6 is 0 Å². The minimum Gasteiger partial charge on any atom is -0.480 e. The third kappa shape index (κ3) is 1.74. The number of nitrogens with zero attached hydrogens (tertiary/aromatic N) is 1. The highest BCUT2D eigenvalue weighted by molar-refractivity contribution is 5.82. The van der Waals surface area contributed by atoms with Crippen LogP contribution in [0.1, 0.15) is 11.4 Å². The van der Waals surface area contributed by atoms with Gasteiger partial charge < -0.3 is 14.8 Å². The van der Waals surface area contributed by atoms with E-state index in [1.165, 1.54) is 0 Å². The molecule has 1 aromatic carbocycles. The quantitative estimate of drug-likeness (QED) is 0.879. The molecule has 2 aromatic rings. The van der Waals surface area contributed by atoms with Gasteiger partial charge in [-0.25, -0.2) is 4.98 Å². The highest BCUT2D eigenvalue weighted by Gasteiger charge is 2.50. The van der Waals surface area contributed by atoms with Gasteiger partial charge >= 0.3 is 5.97 Å². The standard InChI is InChI=1S/C14H14N2O3/c1-9-4-2-3-5-10(9)11-6-15-12(16-11)14(13(17)18)7-19-8-14/h2-6H,7-8H2,1H3,(H,15,16)(H,17,18). The molecule has 0 aliphatic carbocycles. The SMILES string of the molecule is Cc1ccccc1-c1cnc(C2(C(=O)O)COC2)[nH]1. The monoisotopic (exact) mass is 258 g/mol. The van der Waals surface area contributed by atoms with Gasteiger partial charge in [0.1, 0.15) is 5.82 Å². The van der Waals surface area contributed by atoms with Crippen molar-refractivity contribution in [3.63, 3.8) is 0 Å². The average Bonchev–Trinajstić information content (AvgIpc) is 2.77. The van der Waals surface area contributed by atoms with Gasteiger partial charge in [-0.3, -0.25) is 4.79 Å². The van der Waals surface area contributed by atoms with E-state index in [9.17, 15) is 9.90 Å². The number of imidazole rings is 1. The molecule has 0 radical (unpaired) electrons. The normalized spacial score (nSPS) is 16.9. The van der Waals surface area contributed by atoms with Gasteiger partial charge in [0, 0.05) is 5.56 Å². The summed E-state index contributed by atoms with van der Waals surface area (Å²) in [7, 11) is 0. The van der Waals surface area contributed by atoms with Crippen LogP contribution in [0.25, 0.3) is 11.3 Å². The number of carboxylic acid groups (broad SMARTS) is 1. The first-order chi connectivity index (χ1) is 9.13. The summed E-state index contributed by atoms with van der Waals surface area (Å²) in [6.07, 6.45) is 1.68. The van der Waals surface area contributed by atoms with E-state index in [1.54, 1.807) is 6.20 Å². The predicted octanol–water partition coefficient (Wildman–Crippen LogP) is 1.74. The first-order valence-electron chi connectivity index (χ1n) is 6.06. The summed E-state index contributed by atoms with van der Waals surface area (Å²) in [6, 6.07) is 7.91. The molecule has 1 aromatic heterocycles. The number of aromatic amines is 1. The van der Waals surface area contributed by atoms with E-state index < -0.39 is 11.4 Å². The lowest BCUT2D eigenvalue weighted by Gasteiger charge is -2.35. The van der Waals surface area contributed by atoms with Crippen molar-refractivity contribution in [1.82, 2.24) is 9.97 Å². The van der Waals surface area contributed by atoms with Crippen molar-refractivity contribution in [3.05, 3.63) is 41.9 Å². The first kappa shape index (κ1) is 11.9. The minimum absolute atomic E-state index is 0.170. The Labute approximate surface area is 110 Å². The molecule has 1 saturated heterocycles. The number of hydrogen-bond acceptors (Lipinski definition) is 3. The largest absolute Gasteiger partial charge is 0.480 e. The highest BCUT2D eigenvalue weighted by Crippen LogP contribution is 2.32. The van der Waals surface area contributed by atoms with Gasteiger partial charge in [-0.2, -0.15) is 0 Å². The number of hydrogen-bond donors (Lipinski definition) is 2. The van der Waals surface area contributed by atoms with Crippen LogP contribution in [-0.2, 0) is 14.9 Å². The molecule has 0 amide bonds. The summed E-state index contributed by atoms with van der Waals surface area (Å²) in [4.78, 5) is 18.7. The van der Waals surface area contributed by atoms with E-state index in [1.807, 2.05) is 31.2 Å². The molecule has 5 heteroatoms. The smallest absolute Gasteiger partial charge is 0.322 e. The molecule has 0 unspecified atom stereocenters. The number of aryl methyl sites for hydroxylation is 1. The fraction of sp³-hybridized carbons (Fsp3) is 0.286. The number of ether oxygens (including phenoxy) is 1. The summed E-state index contributed by atoms with van der Waals surface area (Å²) >= 11 is 0. The summed E-state index contributed by atoms with van der Waals surface area (Å²) < 4.78 is 5.05. The van der Waals surface area contributed by atoms with Gasteiger partial charge in [0.2, 0.25) is 0 Å². The molecule has 98 valence electrons. The summed E-state index contributed by atoms with van der Waals surface area (Å²) in [6.45, 7) is 2.35. The molecule has 19 heavy (non-hydrogen) atoms. The Morgan fingerprint density at radius 1 is 1.42 bits per heavy atom. The molecule has 0 spiro atoms. The van der Waals surface area contributed by atoms with Gasteiger partial charge in [0.15, 0.2) is 5.41 Å². The average molecular weight is 258 g/mol. The number of H-pyrrole nitrogens is 1. The highest BCUT2D eigenvalue weighted by atomic mass is 16.5. The number of aliphatic carboxylic acids is 1. The molecule has 2 N–H and O–H groups in total. The Morgan fingerprint density at radius 2 is 2.16 bits per heavy atom. The predicted molar refractivity (Wildman–Crippen MR) is 68.9 cm³/mol. The van der Waals surface area contributed by atoms with Gasteiger partial charge in [0.25, 0.3) is 0 Å².